The standard InChI is InChI=1S/C24H36/c1-7-18-14-19-20-9-8-17(3)22(20,4)12-11-21(19)23(5)13-10-16(2)15-24(18,23)6/h16,19-21H,1,3,8-15H2,2,4-6H3. The van der Waals surface area contributed by atoms with E-state index in [0.717, 1.165) is 23.7 Å². The molecule has 0 aromatic heterocycles. The van der Waals surface area contributed by atoms with E-state index in [4.69, 9.17) is 0 Å². The summed E-state index contributed by atoms with van der Waals surface area (Å²) in [6.07, 6.45) is 10.9. The van der Waals surface area contributed by atoms with Crippen molar-refractivity contribution in [2.45, 2.75) is 79.1 Å². The zero-order valence-corrected chi connectivity index (χ0v) is 16.4. The summed E-state index contributed by atoms with van der Waals surface area (Å²) in [6.45, 7) is 18.8. The van der Waals surface area contributed by atoms with E-state index in [1.54, 1.807) is 11.1 Å². The van der Waals surface area contributed by atoms with Gasteiger partial charge >= 0.3 is 0 Å². The van der Waals surface area contributed by atoms with Gasteiger partial charge in [0.15, 0.2) is 0 Å². The molecule has 0 bridgehead atoms. The fourth-order valence-corrected chi connectivity index (χ4v) is 7.92. The average Bonchev–Trinajstić information content (AvgIpc) is 2.84. The Morgan fingerprint density at radius 2 is 1.79 bits per heavy atom. The van der Waals surface area contributed by atoms with Gasteiger partial charge in [0.25, 0.3) is 0 Å². The van der Waals surface area contributed by atoms with Gasteiger partial charge in [0.1, 0.15) is 0 Å². The summed E-state index contributed by atoms with van der Waals surface area (Å²) in [5, 5.41) is 0. The van der Waals surface area contributed by atoms with Gasteiger partial charge in [-0.25, -0.2) is 0 Å². The molecule has 0 saturated heterocycles. The lowest BCUT2D eigenvalue weighted by Gasteiger charge is -2.65. The van der Waals surface area contributed by atoms with Gasteiger partial charge in [-0.15, -0.1) is 5.73 Å². The molecular formula is C24H36. The maximum atomic E-state index is 4.47. The highest BCUT2D eigenvalue weighted by atomic mass is 14.7. The number of rotatable bonds is 0. The van der Waals surface area contributed by atoms with E-state index in [9.17, 15) is 0 Å². The first-order valence-corrected chi connectivity index (χ1v) is 10.3. The molecule has 24 heavy (non-hydrogen) atoms. The molecule has 7 unspecified atom stereocenters. The van der Waals surface area contributed by atoms with E-state index >= 15 is 0 Å². The lowest BCUT2D eigenvalue weighted by Crippen LogP contribution is -2.58. The average molecular weight is 325 g/mol. The topological polar surface area (TPSA) is 0 Å². The Bertz CT molecular complexity index is 620. The highest BCUT2D eigenvalue weighted by molar-refractivity contribution is 5.29. The highest BCUT2D eigenvalue weighted by Crippen LogP contribution is 2.72. The zero-order chi connectivity index (χ0) is 17.3. The molecule has 0 radical (unpaired) electrons. The van der Waals surface area contributed by atoms with E-state index in [1.807, 2.05) is 0 Å². The van der Waals surface area contributed by atoms with Crippen LogP contribution < -0.4 is 0 Å². The second-order valence-corrected chi connectivity index (χ2v) is 10.4. The Kier molecular flexibility index (Phi) is 3.58. The molecule has 0 N–H and O–H groups in total. The van der Waals surface area contributed by atoms with Crippen LogP contribution in [0.3, 0.4) is 0 Å². The number of fused-ring (bicyclic) bond motifs is 5. The number of allylic oxidation sites excluding steroid dienone is 2. The van der Waals surface area contributed by atoms with Crippen LogP contribution in [0.15, 0.2) is 30.0 Å². The minimum atomic E-state index is 0.330. The Balaban J connectivity index is 1.79. The van der Waals surface area contributed by atoms with Crippen molar-refractivity contribution in [1.82, 2.24) is 0 Å². The Hall–Kier alpha value is -0.740. The van der Waals surface area contributed by atoms with Gasteiger partial charge in [-0.05, 0) is 85.0 Å². The lowest BCUT2D eigenvalue weighted by molar-refractivity contribution is -0.122. The van der Waals surface area contributed by atoms with E-state index in [1.165, 1.54) is 51.4 Å². The smallest absolute Gasteiger partial charge is 0.00183 e. The Morgan fingerprint density at radius 1 is 1.04 bits per heavy atom. The van der Waals surface area contributed by atoms with Gasteiger partial charge in [-0.1, -0.05) is 52.8 Å². The lowest BCUT2D eigenvalue weighted by atomic mass is 9.39. The molecule has 4 fully saturated rings. The van der Waals surface area contributed by atoms with Crippen molar-refractivity contribution < 1.29 is 0 Å². The van der Waals surface area contributed by atoms with Gasteiger partial charge < -0.3 is 0 Å². The molecule has 4 rings (SSSR count). The normalized spacial score (nSPS) is 53.8. The predicted molar refractivity (Wildman–Crippen MR) is 103 cm³/mol. The predicted octanol–water partition coefficient (Wildman–Crippen LogP) is 6.93. The van der Waals surface area contributed by atoms with Gasteiger partial charge in [-0.3, -0.25) is 0 Å². The van der Waals surface area contributed by atoms with Gasteiger partial charge in [-0.2, -0.15) is 0 Å². The van der Waals surface area contributed by atoms with Gasteiger partial charge in [0.05, 0.1) is 0 Å². The van der Waals surface area contributed by atoms with Crippen molar-refractivity contribution in [3.05, 3.63) is 30.0 Å². The fourth-order valence-electron chi connectivity index (χ4n) is 7.92. The van der Waals surface area contributed by atoms with E-state index in [2.05, 4.69) is 46.6 Å². The fraction of sp³-hybridized carbons (Fsp3) is 0.792. The molecule has 0 aromatic carbocycles. The maximum Gasteiger partial charge on any atom is 0.00183 e. The van der Waals surface area contributed by atoms with Crippen molar-refractivity contribution in [1.29, 1.82) is 0 Å². The molecule has 7 atom stereocenters. The zero-order valence-electron chi connectivity index (χ0n) is 16.4. The monoisotopic (exact) mass is 324 g/mol. The van der Waals surface area contributed by atoms with Crippen molar-refractivity contribution in [3.8, 4) is 0 Å². The van der Waals surface area contributed by atoms with Crippen molar-refractivity contribution in [2.24, 2.45) is 39.9 Å². The summed E-state index contributed by atoms with van der Waals surface area (Å²) >= 11 is 0. The van der Waals surface area contributed by atoms with Crippen LogP contribution >= 0.6 is 0 Å². The van der Waals surface area contributed by atoms with Crippen LogP contribution in [-0.2, 0) is 0 Å². The number of hydrogen-bond donors (Lipinski definition) is 0. The summed E-state index contributed by atoms with van der Waals surface area (Å²) in [4.78, 5) is 0. The third-order valence-electron chi connectivity index (χ3n) is 9.70. The van der Waals surface area contributed by atoms with Crippen molar-refractivity contribution >= 4 is 0 Å². The molecule has 4 saturated carbocycles. The molecule has 132 valence electrons. The third-order valence-corrected chi connectivity index (χ3v) is 9.70. The molecular weight excluding hydrogens is 288 g/mol. The van der Waals surface area contributed by atoms with Crippen LogP contribution in [0.2, 0.25) is 0 Å². The molecule has 0 nitrogen and oxygen atoms in total. The second-order valence-electron chi connectivity index (χ2n) is 10.4. The summed E-state index contributed by atoms with van der Waals surface area (Å²) in [6, 6.07) is 0. The number of hydrogen-bond acceptors (Lipinski definition) is 0. The van der Waals surface area contributed by atoms with E-state index in [0.29, 0.717) is 16.2 Å². The summed E-state index contributed by atoms with van der Waals surface area (Å²) in [5.41, 5.74) is 7.78. The third kappa shape index (κ3) is 1.87. The molecule has 0 aliphatic heterocycles. The quantitative estimate of drug-likeness (QED) is 0.334. The van der Waals surface area contributed by atoms with Crippen LogP contribution in [0.1, 0.15) is 79.1 Å². The Morgan fingerprint density at radius 3 is 2.50 bits per heavy atom. The summed E-state index contributed by atoms with van der Waals surface area (Å²) < 4.78 is 0. The first-order chi connectivity index (χ1) is 11.3. The minimum absolute atomic E-state index is 0.330. The van der Waals surface area contributed by atoms with Gasteiger partial charge in [0.2, 0.25) is 0 Å². The second kappa shape index (κ2) is 5.14. The van der Waals surface area contributed by atoms with E-state index in [-0.39, 0.29) is 0 Å². The van der Waals surface area contributed by atoms with Crippen LogP contribution in [0.4, 0.5) is 0 Å². The van der Waals surface area contributed by atoms with Crippen LogP contribution in [0, 0.1) is 39.9 Å². The maximum absolute atomic E-state index is 4.47. The first-order valence-electron chi connectivity index (χ1n) is 10.3. The molecule has 4 aliphatic carbocycles. The van der Waals surface area contributed by atoms with Crippen molar-refractivity contribution in [3.63, 3.8) is 0 Å². The summed E-state index contributed by atoms with van der Waals surface area (Å²) in [5.74, 6) is 3.45. The molecule has 4 aliphatic rings. The highest BCUT2D eigenvalue weighted by Gasteiger charge is 2.63. The SMILES string of the molecule is C=C=C1CC2C3CCC(=C)C3(C)CCC2C2(C)CCC(C)CC12C. The Labute approximate surface area is 149 Å². The first kappa shape index (κ1) is 16.7. The molecule has 0 aromatic rings. The largest absolute Gasteiger partial charge is 0.129 e. The van der Waals surface area contributed by atoms with Crippen LogP contribution in [-0.4, -0.2) is 0 Å². The van der Waals surface area contributed by atoms with Crippen LogP contribution in [0.25, 0.3) is 0 Å². The van der Waals surface area contributed by atoms with Crippen molar-refractivity contribution in [2.75, 3.05) is 0 Å². The summed E-state index contributed by atoms with van der Waals surface area (Å²) in [7, 11) is 0. The van der Waals surface area contributed by atoms with Gasteiger partial charge in [0, 0.05) is 5.41 Å². The minimum Gasteiger partial charge on any atom is -0.129 e. The molecule has 0 heterocycles. The molecule has 0 heteroatoms. The molecule has 0 spiro atoms. The molecule has 0 amide bonds. The van der Waals surface area contributed by atoms with E-state index < -0.39 is 0 Å². The van der Waals surface area contributed by atoms with Crippen LogP contribution in [0.5, 0.6) is 0 Å².